The average molecular weight is 372 g/mol. The lowest BCUT2D eigenvalue weighted by Crippen LogP contribution is -3.61. The fourth-order valence-electron chi connectivity index (χ4n) is 1.38. The molecule has 0 amide bonds. The number of hydrogen-bond acceptors (Lipinski definition) is 3. The molecule has 0 fully saturated rings. The van der Waals surface area contributed by atoms with Crippen LogP contribution in [-0.2, 0) is 0 Å². The highest BCUT2D eigenvalue weighted by Crippen LogP contribution is 2.08. The minimum Gasteiger partial charge on any atom is -0.258 e. The van der Waals surface area contributed by atoms with E-state index in [-0.39, 0.29) is 16.3 Å². The Morgan fingerprint density at radius 2 is 1.26 bits per heavy atom. The lowest BCUT2D eigenvalue weighted by Gasteiger charge is -1.89. The van der Waals surface area contributed by atoms with Gasteiger partial charge in [-0.2, -0.15) is 0 Å². The standard InChI is InChI=1S/C12H9IN2O4/c16-14(17)11-5-1-9(2-6-11)13-10-3-7-12(8-4-10)15(18)19/h1-8H,(H,16,17)/q+2. The average Bonchev–Trinajstić information content (AvgIpc) is 2.40. The molecule has 6 nitrogen and oxygen atoms in total. The van der Waals surface area contributed by atoms with Crippen LogP contribution in [-0.4, -0.2) is 15.1 Å². The number of nitrogens with zero attached hydrogens (tertiary/aromatic N) is 2. The number of nitro benzene ring substituents is 1. The first kappa shape index (κ1) is 13.4. The van der Waals surface area contributed by atoms with Crippen molar-refractivity contribution < 1.29 is 36.3 Å². The van der Waals surface area contributed by atoms with E-state index in [9.17, 15) is 15.0 Å². The monoisotopic (exact) mass is 372 g/mol. The van der Waals surface area contributed by atoms with E-state index in [4.69, 9.17) is 5.21 Å². The summed E-state index contributed by atoms with van der Waals surface area (Å²) in [5.74, 6) is 0. The first-order valence-electron chi connectivity index (χ1n) is 5.22. The molecule has 0 radical (unpaired) electrons. The number of nitro groups is 1. The van der Waals surface area contributed by atoms with Crippen molar-refractivity contribution in [1.29, 1.82) is 0 Å². The molecular formula is C12H9IN2O4+2. The van der Waals surface area contributed by atoms with Crippen LogP contribution in [0.5, 0.6) is 0 Å². The molecule has 2 rings (SSSR count). The van der Waals surface area contributed by atoms with Crippen molar-refractivity contribution in [1.82, 2.24) is 0 Å². The zero-order chi connectivity index (χ0) is 13.8. The second kappa shape index (κ2) is 5.74. The second-order valence-corrected chi connectivity index (χ2v) is 6.61. The smallest absolute Gasteiger partial charge is 0.258 e. The van der Waals surface area contributed by atoms with Gasteiger partial charge in [-0.1, -0.05) is 0 Å². The van der Waals surface area contributed by atoms with E-state index in [2.05, 4.69) is 0 Å². The zero-order valence-corrected chi connectivity index (χ0v) is 11.7. The van der Waals surface area contributed by atoms with E-state index in [1.807, 2.05) is 0 Å². The highest BCUT2D eigenvalue weighted by atomic mass is 127. The molecule has 19 heavy (non-hydrogen) atoms. The van der Waals surface area contributed by atoms with Crippen LogP contribution in [0.25, 0.3) is 0 Å². The van der Waals surface area contributed by atoms with E-state index >= 15 is 0 Å². The summed E-state index contributed by atoms with van der Waals surface area (Å²) in [5.41, 5.74) is 0.252. The quantitative estimate of drug-likeness (QED) is 0.447. The molecule has 0 saturated carbocycles. The summed E-state index contributed by atoms with van der Waals surface area (Å²) in [6.07, 6.45) is 0. The number of benzene rings is 2. The Balaban J connectivity index is 2.12. The SMILES string of the molecule is O=[N+]([O-])c1ccc([I+]c2ccc([N+](=O)O)cc2)cc1. The van der Waals surface area contributed by atoms with Crippen LogP contribution in [0, 0.1) is 22.2 Å². The molecule has 0 saturated heterocycles. The molecule has 7 heteroatoms. The fraction of sp³-hybridized carbons (Fsp3) is 0. The molecule has 0 aromatic heterocycles. The number of rotatable bonds is 4. The summed E-state index contributed by atoms with van der Waals surface area (Å²) in [7, 11) is 0. The number of hydrogen-bond donors (Lipinski definition) is 1. The maximum absolute atomic E-state index is 10.6. The van der Waals surface area contributed by atoms with E-state index in [1.165, 1.54) is 24.3 Å². The van der Waals surface area contributed by atoms with Crippen LogP contribution >= 0.6 is 0 Å². The first-order chi connectivity index (χ1) is 9.06. The minimum absolute atomic E-state index is 0.0744. The van der Waals surface area contributed by atoms with Crippen molar-refractivity contribution in [2.24, 2.45) is 0 Å². The third kappa shape index (κ3) is 3.47. The number of halogens is 1. The van der Waals surface area contributed by atoms with Crippen molar-refractivity contribution in [3.8, 4) is 0 Å². The molecule has 1 N–H and O–H groups in total. The molecule has 0 aliphatic carbocycles. The second-order valence-electron chi connectivity index (χ2n) is 3.58. The lowest BCUT2D eigenvalue weighted by molar-refractivity contribution is -0.729. The molecular weight excluding hydrogens is 363 g/mol. The Kier molecular flexibility index (Phi) is 4.05. The van der Waals surface area contributed by atoms with Gasteiger partial charge in [0.25, 0.3) is 10.6 Å². The molecule has 0 bridgehead atoms. The van der Waals surface area contributed by atoms with Crippen LogP contribution in [0.4, 0.5) is 11.4 Å². The van der Waals surface area contributed by atoms with Crippen molar-refractivity contribution in [3.05, 3.63) is 70.7 Å². The van der Waals surface area contributed by atoms with Gasteiger partial charge in [0.2, 0.25) is 0 Å². The van der Waals surface area contributed by atoms with Gasteiger partial charge in [0.15, 0.2) is 7.14 Å². The molecule has 2 aromatic rings. The van der Waals surface area contributed by atoms with Crippen LogP contribution < -0.4 is 21.2 Å². The summed E-state index contributed by atoms with van der Waals surface area (Å²) < 4.78 is 2.10. The summed E-state index contributed by atoms with van der Waals surface area (Å²) in [6.45, 7) is 0. The van der Waals surface area contributed by atoms with Crippen molar-refractivity contribution in [2.75, 3.05) is 0 Å². The fourth-order valence-corrected chi connectivity index (χ4v) is 3.54. The lowest BCUT2D eigenvalue weighted by atomic mass is 10.3. The summed E-state index contributed by atoms with van der Waals surface area (Å²) in [5, 5.41) is 19.2. The van der Waals surface area contributed by atoms with Gasteiger partial charge in [0.05, 0.1) is 9.83 Å². The van der Waals surface area contributed by atoms with Crippen LogP contribution in [0.15, 0.2) is 48.5 Å². The van der Waals surface area contributed by atoms with Crippen molar-refractivity contribution in [3.63, 3.8) is 0 Å². The Labute approximate surface area is 118 Å². The predicted molar refractivity (Wildman–Crippen MR) is 62.0 cm³/mol. The van der Waals surface area contributed by atoms with E-state index in [1.54, 1.807) is 24.3 Å². The maximum atomic E-state index is 10.6. The first-order valence-corrected chi connectivity index (χ1v) is 7.37. The maximum Gasteiger partial charge on any atom is 0.357 e. The highest BCUT2D eigenvalue weighted by Gasteiger charge is 2.19. The molecule has 0 heterocycles. The molecule has 0 spiro atoms. The molecule has 0 aliphatic rings. The topological polar surface area (TPSA) is 83.5 Å². The molecule has 0 atom stereocenters. The normalized spacial score (nSPS) is 10.1. The summed E-state index contributed by atoms with van der Waals surface area (Å²) >= 11 is -0.461. The van der Waals surface area contributed by atoms with Gasteiger partial charge in [0, 0.05) is 24.3 Å². The van der Waals surface area contributed by atoms with E-state index in [0.29, 0.717) is 0 Å². The Morgan fingerprint density at radius 1 is 0.842 bits per heavy atom. The molecule has 0 aliphatic heterocycles. The van der Waals surface area contributed by atoms with Crippen molar-refractivity contribution in [2.45, 2.75) is 0 Å². The molecule has 2 aromatic carbocycles. The van der Waals surface area contributed by atoms with Gasteiger partial charge in [-0.25, -0.2) is 5.21 Å². The Morgan fingerprint density at radius 3 is 1.63 bits per heavy atom. The number of non-ortho nitro benzene ring substituents is 1. The van der Waals surface area contributed by atoms with E-state index < -0.39 is 26.1 Å². The van der Waals surface area contributed by atoms with Crippen LogP contribution in [0.2, 0.25) is 0 Å². The largest absolute Gasteiger partial charge is 0.357 e. The minimum atomic E-state index is -0.461. The van der Waals surface area contributed by atoms with Gasteiger partial charge in [0.1, 0.15) is 0 Å². The zero-order valence-electron chi connectivity index (χ0n) is 9.56. The highest BCUT2D eigenvalue weighted by molar-refractivity contribution is 5.29. The van der Waals surface area contributed by atoms with E-state index in [0.717, 1.165) is 7.14 Å². The summed E-state index contributed by atoms with van der Waals surface area (Å²) in [6, 6.07) is 13.1. The van der Waals surface area contributed by atoms with Gasteiger partial charge in [-0.3, -0.25) is 10.1 Å². The summed E-state index contributed by atoms with van der Waals surface area (Å²) in [4.78, 5) is 20.5. The Hall–Kier alpha value is -2.03. The predicted octanol–water partition coefficient (Wildman–Crippen LogP) is -0.477. The van der Waals surface area contributed by atoms with Gasteiger partial charge >= 0.3 is 26.9 Å². The van der Waals surface area contributed by atoms with Crippen molar-refractivity contribution >= 4 is 11.4 Å². The third-order valence-electron chi connectivity index (χ3n) is 2.30. The Bertz CT molecular complexity index is 555. The molecule has 96 valence electrons. The van der Waals surface area contributed by atoms with Gasteiger partial charge < -0.3 is 0 Å². The van der Waals surface area contributed by atoms with Crippen LogP contribution in [0.1, 0.15) is 0 Å². The van der Waals surface area contributed by atoms with Gasteiger partial charge in [-0.05, 0) is 24.3 Å². The molecule has 0 unspecified atom stereocenters. The third-order valence-corrected chi connectivity index (χ3v) is 4.99. The van der Waals surface area contributed by atoms with Gasteiger partial charge in [-0.15, -0.1) is 0 Å². The van der Waals surface area contributed by atoms with Crippen LogP contribution in [0.3, 0.4) is 0 Å².